The molecule has 0 bridgehead atoms. The van der Waals surface area contributed by atoms with Crippen LogP contribution >= 0.6 is 0 Å². The molecule has 3 rings (SSSR count). The minimum absolute atomic E-state index is 0.133. The fourth-order valence-electron chi connectivity index (χ4n) is 2.31. The number of aromatic nitrogens is 3. The van der Waals surface area contributed by atoms with Crippen LogP contribution in [0.1, 0.15) is 16.1 Å². The Labute approximate surface area is 145 Å². The molecule has 0 aliphatic heterocycles. The molecule has 3 aromatic rings. The fraction of sp³-hybridized carbons (Fsp3) is 0.0588. The van der Waals surface area contributed by atoms with E-state index in [1.54, 1.807) is 12.1 Å². The van der Waals surface area contributed by atoms with Gasteiger partial charge in [-0.3, -0.25) is 9.78 Å². The van der Waals surface area contributed by atoms with Gasteiger partial charge in [-0.15, -0.1) is 0 Å². The molecule has 26 heavy (non-hydrogen) atoms. The number of nitrogen functional groups attached to an aromatic ring is 1. The maximum absolute atomic E-state index is 12.7. The number of pyridine rings is 3. The number of anilines is 1. The predicted octanol–water partition coefficient (Wildman–Crippen LogP) is 2.91. The summed E-state index contributed by atoms with van der Waals surface area (Å²) in [6, 6.07) is 8.18. The number of alkyl halides is 3. The van der Waals surface area contributed by atoms with Crippen LogP contribution in [0.2, 0.25) is 0 Å². The van der Waals surface area contributed by atoms with Gasteiger partial charge in [-0.25, -0.2) is 9.97 Å². The first kappa shape index (κ1) is 17.3. The molecule has 0 unspecified atom stereocenters. The van der Waals surface area contributed by atoms with Gasteiger partial charge < -0.3 is 11.5 Å². The number of rotatable bonds is 3. The van der Waals surface area contributed by atoms with Gasteiger partial charge in [-0.05, 0) is 36.4 Å². The molecule has 0 aliphatic rings. The van der Waals surface area contributed by atoms with Gasteiger partial charge in [0.1, 0.15) is 11.5 Å². The molecule has 1 amide bonds. The van der Waals surface area contributed by atoms with E-state index >= 15 is 0 Å². The first-order valence-corrected chi connectivity index (χ1v) is 7.32. The predicted molar refractivity (Wildman–Crippen MR) is 88.6 cm³/mol. The van der Waals surface area contributed by atoms with E-state index in [0.717, 1.165) is 12.3 Å². The molecule has 0 fully saturated rings. The highest BCUT2D eigenvalue weighted by Gasteiger charge is 2.32. The summed E-state index contributed by atoms with van der Waals surface area (Å²) in [5.41, 5.74) is 11.6. The standard InChI is InChI=1S/C17H12F3N5O/c18-17(19,20)14-4-3-9(8-24-14)12-6-10(16(22)26)7-13(25-12)11-2-1-5-23-15(11)21/h1-8H,(H2,21,23)(H2,22,26). The van der Waals surface area contributed by atoms with E-state index in [2.05, 4.69) is 15.0 Å². The number of halogens is 3. The summed E-state index contributed by atoms with van der Waals surface area (Å²) in [6.07, 6.45) is -2.01. The lowest BCUT2D eigenvalue weighted by molar-refractivity contribution is -0.141. The van der Waals surface area contributed by atoms with Gasteiger partial charge in [-0.1, -0.05) is 0 Å². The molecule has 0 saturated carbocycles. The van der Waals surface area contributed by atoms with E-state index in [9.17, 15) is 18.0 Å². The quantitative estimate of drug-likeness (QED) is 0.747. The average molecular weight is 359 g/mol. The number of nitrogens with two attached hydrogens (primary N) is 2. The van der Waals surface area contributed by atoms with E-state index in [-0.39, 0.29) is 17.1 Å². The van der Waals surface area contributed by atoms with Crippen molar-refractivity contribution in [3.63, 3.8) is 0 Å². The van der Waals surface area contributed by atoms with E-state index in [4.69, 9.17) is 11.5 Å². The third kappa shape index (κ3) is 3.46. The van der Waals surface area contributed by atoms with Crippen molar-refractivity contribution in [3.8, 4) is 22.5 Å². The van der Waals surface area contributed by atoms with Gasteiger partial charge in [0.25, 0.3) is 0 Å². The van der Waals surface area contributed by atoms with Crippen molar-refractivity contribution in [1.29, 1.82) is 0 Å². The second kappa shape index (κ2) is 6.43. The van der Waals surface area contributed by atoms with Crippen LogP contribution in [0, 0.1) is 0 Å². The van der Waals surface area contributed by atoms with Crippen molar-refractivity contribution in [2.45, 2.75) is 6.18 Å². The Kier molecular flexibility index (Phi) is 4.29. The topological polar surface area (TPSA) is 108 Å². The van der Waals surface area contributed by atoms with Crippen LogP contribution < -0.4 is 11.5 Å². The third-order valence-corrected chi connectivity index (χ3v) is 3.57. The molecule has 4 N–H and O–H groups in total. The van der Waals surface area contributed by atoms with Crippen LogP contribution in [0.5, 0.6) is 0 Å². The van der Waals surface area contributed by atoms with Crippen LogP contribution in [0.4, 0.5) is 19.0 Å². The molecule has 3 heterocycles. The normalized spacial score (nSPS) is 11.3. The van der Waals surface area contributed by atoms with Crippen LogP contribution in [0.25, 0.3) is 22.5 Å². The van der Waals surface area contributed by atoms with E-state index < -0.39 is 17.8 Å². The zero-order valence-corrected chi connectivity index (χ0v) is 13.2. The van der Waals surface area contributed by atoms with E-state index in [0.29, 0.717) is 16.8 Å². The lowest BCUT2D eigenvalue weighted by atomic mass is 10.1. The second-order valence-electron chi connectivity index (χ2n) is 5.36. The van der Waals surface area contributed by atoms with Crippen LogP contribution in [-0.4, -0.2) is 20.9 Å². The van der Waals surface area contributed by atoms with E-state index in [1.165, 1.54) is 24.4 Å². The molecule has 0 atom stereocenters. The third-order valence-electron chi connectivity index (χ3n) is 3.57. The summed E-state index contributed by atoms with van der Waals surface area (Å²) in [4.78, 5) is 23.3. The maximum atomic E-state index is 12.7. The second-order valence-corrected chi connectivity index (χ2v) is 5.36. The number of nitrogens with zero attached hydrogens (tertiary/aromatic N) is 3. The van der Waals surface area contributed by atoms with Crippen molar-refractivity contribution in [2.75, 3.05) is 5.73 Å². The Morgan fingerprint density at radius 2 is 1.77 bits per heavy atom. The van der Waals surface area contributed by atoms with Gasteiger partial charge in [0.2, 0.25) is 5.91 Å². The van der Waals surface area contributed by atoms with Gasteiger partial charge in [0.05, 0.1) is 11.4 Å². The Morgan fingerprint density at radius 3 is 2.35 bits per heavy atom. The summed E-state index contributed by atoms with van der Waals surface area (Å²) >= 11 is 0. The summed E-state index contributed by atoms with van der Waals surface area (Å²) in [5.74, 6) is -0.518. The summed E-state index contributed by atoms with van der Waals surface area (Å²) < 4.78 is 38.0. The molecule has 0 saturated heterocycles. The SMILES string of the molecule is NC(=O)c1cc(-c2ccc(C(F)(F)F)nc2)nc(-c2cccnc2N)c1. The summed E-state index contributed by atoms with van der Waals surface area (Å²) in [5, 5.41) is 0. The first-order valence-electron chi connectivity index (χ1n) is 7.32. The van der Waals surface area contributed by atoms with Crippen molar-refractivity contribution in [2.24, 2.45) is 5.73 Å². The number of amides is 1. The molecule has 9 heteroatoms. The van der Waals surface area contributed by atoms with Gasteiger partial charge in [-0.2, -0.15) is 13.2 Å². The molecule has 3 aromatic heterocycles. The molecule has 132 valence electrons. The molecule has 0 aromatic carbocycles. The number of carbonyl (C=O) groups is 1. The molecular formula is C17H12F3N5O. The lowest BCUT2D eigenvalue weighted by Gasteiger charge is -2.10. The summed E-state index contributed by atoms with van der Waals surface area (Å²) in [6.45, 7) is 0. The van der Waals surface area contributed by atoms with Crippen molar-refractivity contribution >= 4 is 11.7 Å². The van der Waals surface area contributed by atoms with Gasteiger partial charge >= 0.3 is 6.18 Å². The minimum atomic E-state index is -4.55. The zero-order chi connectivity index (χ0) is 18.9. The van der Waals surface area contributed by atoms with Crippen LogP contribution in [0.3, 0.4) is 0 Å². The molecule has 6 nitrogen and oxygen atoms in total. The Balaban J connectivity index is 2.13. The Bertz CT molecular complexity index is 971. The molecule has 0 radical (unpaired) electrons. The molecule has 0 spiro atoms. The van der Waals surface area contributed by atoms with Gasteiger partial charge in [0, 0.05) is 29.1 Å². The number of hydrogen-bond acceptors (Lipinski definition) is 5. The number of hydrogen-bond donors (Lipinski definition) is 2. The maximum Gasteiger partial charge on any atom is 0.433 e. The highest BCUT2D eigenvalue weighted by atomic mass is 19.4. The largest absolute Gasteiger partial charge is 0.433 e. The van der Waals surface area contributed by atoms with E-state index in [1.807, 2.05) is 0 Å². The zero-order valence-electron chi connectivity index (χ0n) is 13.2. The lowest BCUT2D eigenvalue weighted by Crippen LogP contribution is -2.12. The molecular weight excluding hydrogens is 347 g/mol. The van der Waals surface area contributed by atoms with Crippen LogP contribution in [0.15, 0.2) is 48.8 Å². The Hall–Kier alpha value is -3.49. The van der Waals surface area contributed by atoms with Crippen molar-refractivity contribution in [3.05, 3.63) is 60.0 Å². The average Bonchev–Trinajstić information content (AvgIpc) is 2.61. The fourth-order valence-corrected chi connectivity index (χ4v) is 2.31. The first-order chi connectivity index (χ1) is 12.3. The van der Waals surface area contributed by atoms with Crippen molar-refractivity contribution < 1.29 is 18.0 Å². The smallest absolute Gasteiger partial charge is 0.383 e. The van der Waals surface area contributed by atoms with Crippen LogP contribution in [-0.2, 0) is 6.18 Å². The summed E-state index contributed by atoms with van der Waals surface area (Å²) in [7, 11) is 0. The van der Waals surface area contributed by atoms with Crippen molar-refractivity contribution in [1.82, 2.24) is 15.0 Å². The highest BCUT2D eigenvalue weighted by molar-refractivity contribution is 5.95. The highest BCUT2D eigenvalue weighted by Crippen LogP contribution is 2.30. The molecule has 0 aliphatic carbocycles. The monoisotopic (exact) mass is 359 g/mol. The minimum Gasteiger partial charge on any atom is -0.383 e. The Morgan fingerprint density at radius 1 is 1.04 bits per heavy atom. The van der Waals surface area contributed by atoms with Gasteiger partial charge in [0.15, 0.2) is 0 Å². The number of primary amides is 1. The number of carbonyl (C=O) groups excluding carboxylic acids is 1.